The van der Waals surface area contributed by atoms with Crippen molar-refractivity contribution in [3.63, 3.8) is 0 Å². The number of hydrogen-bond acceptors (Lipinski definition) is 1. The number of alkyl halides is 1. The molecule has 2 atom stereocenters. The van der Waals surface area contributed by atoms with Crippen LogP contribution in [0.4, 0.5) is 0 Å². The number of imidazole rings is 1. The zero-order valence-electron chi connectivity index (χ0n) is 13.0. The fraction of sp³-hybridized carbons (Fsp3) is 0.588. The lowest BCUT2D eigenvalue weighted by Crippen LogP contribution is -2.13. The summed E-state index contributed by atoms with van der Waals surface area (Å²) in [5, 5.41) is 0. The predicted octanol–water partition coefficient (Wildman–Crippen LogP) is 5.12. The maximum absolute atomic E-state index is 5.95. The van der Waals surface area contributed by atoms with Gasteiger partial charge in [0.15, 0.2) is 0 Å². The van der Waals surface area contributed by atoms with Gasteiger partial charge in [0.05, 0.1) is 11.0 Å². The largest absolute Gasteiger partial charge is 0.325 e. The molecule has 0 fully saturated rings. The summed E-state index contributed by atoms with van der Waals surface area (Å²) >= 11 is 5.95. The smallest absolute Gasteiger partial charge is 0.111 e. The van der Waals surface area contributed by atoms with E-state index in [9.17, 15) is 0 Å². The molecule has 0 radical (unpaired) electrons. The first-order valence-corrected chi connectivity index (χ1v) is 8.13. The third-order valence-corrected chi connectivity index (χ3v) is 4.31. The van der Waals surface area contributed by atoms with E-state index in [1.165, 1.54) is 23.9 Å². The molecular formula is C17H25ClN2. The molecule has 0 saturated heterocycles. The van der Waals surface area contributed by atoms with E-state index in [4.69, 9.17) is 16.6 Å². The van der Waals surface area contributed by atoms with Crippen LogP contribution in [0.1, 0.15) is 51.0 Å². The summed E-state index contributed by atoms with van der Waals surface area (Å²) < 4.78 is 2.39. The van der Waals surface area contributed by atoms with Gasteiger partial charge in [-0.2, -0.15) is 0 Å². The molecule has 0 aliphatic rings. The minimum absolute atomic E-state index is 0.468. The Morgan fingerprint density at radius 3 is 2.70 bits per heavy atom. The Kier molecular flexibility index (Phi) is 5.09. The Morgan fingerprint density at radius 2 is 2.05 bits per heavy atom. The van der Waals surface area contributed by atoms with E-state index in [0.29, 0.717) is 11.9 Å². The van der Waals surface area contributed by atoms with Crippen LogP contribution in [0.5, 0.6) is 0 Å². The van der Waals surface area contributed by atoms with Crippen molar-refractivity contribution in [1.29, 1.82) is 0 Å². The molecule has 2 rings (SSSR count). The molecule has 20 heavy (non-hydrogen) atoms. The Hall–Kier alpha value is -1.02. The van der Waals surface area contributed by atoms with E-state index in [1.807, 2.05) is 0 Å². The molecule has 110 valence electrons. The summed E-state index contributed by atoms with van der Waals surface area (Å²) in [6.45, 7) is 8.99. The maximum atomic E-state index is 5.95. The molecule has 0 aliphatic carbocycles. The van der Waals surface area contributed by atoms with Crippen molar-refractivity contribution in [2.24, 2.45) is 5.92 Å². The molecule has 1 heterocycles. The fourth-order valence-corrected chi connectivity index (χ4v) is 3.03. The van der Waals surface area contributed by atoms with Crippen LogP contribution in [-0.2, 0) is 6.42 Å². The molecule has 0 spiro atoms. The molecule has 2 unspecified atom stereocenters. The van der Waals surface area contributed by atoms with Crippen LogP contribution in [-0.4, -0.2) is 15.4 Å². The van der Waals surface area contributed by atoms with Crippen LogP contribution in [0, 0.1) is 12.8 Å². The molecule has 0 N–H and O–H groups in total. The monoisotopic (exact) mass is 292 g/mol. The van der Waals surface area contributed by atoms with Gasteiger partial charge in [-0.05, 0) is 43.9 Å². The molecule has 1 aromatic heterocycles. The van der Waals surface area contributed by atoms with E-state index in [0.717, 1.165) is 23.7 Å². The fourth-order valence-electron chi connectivity index (χ4n) is 2.87. The average molecular weight is 293 g/mol. The zero-order chi connectivity index (χ0) is 14.7. The first-order valence-electron chi connectivity index (χ1n) is 7.60. The lowest BCUT2D eigenvalue weighted by atomic mass is 10.00. The van der Waals surface area contributed by atoms with Crippen LogP contribution in [0.15, 0.2) is 18.2 Å². The highest BCUT2D eigenvalue weighted by Gasteiger charge is 2.17. The summed E-state index contributed by atoms with van der Waals surface area (Å²) in [6, 6.07) is 7.00. The predicted molar refractivity (Wildman–Crippen MR) is 87.7 cm³/mol. The van der Waals surface area contributed by atoms with Crippen molar-refractivity contribution < 1.29 is 0 Å². The van der Waals surface area contributed by atoms with Gasteiger partial charge in [0.1, 0.15) is 5.82 Å². The molecule has 0 aliphatic heterocycles. The maximum Gasteiger partial charge on any atom is 0.111 e. The van der Waals surface area contributed by atoms with Gasteiger partial charge in [0.25, 0.3) is 0 Å². The zero-order valence-corrected chi connectivity index (χ0v) is 13.7. The van der Waals surface area contributed by atoms with E-state index < -0.39 is 0 Å². The number of hydrogen-bond donors (Lipinski definition) is 0. The number of halogens is 1. The number of aryl methyl sites for hydroxylation is 2. The summed E-state index contributed by atoms with van der Waals surface area (Å²) in [4.78, 5) is 4.80. The molecule has 0 amide bonds. The molecule has 1 aromatic carbocycles. The quantitative estimate of drug-likeness (QED) is 0.675. The molecule has 3 heteroatoms. The second-order valence-electron chi connectivity index (χ2n) is 5.93. The lowest BCUT2D eigenvalue weighted by molar-refractivity contribution is 0.397. The third kappa shape index (κ3) is 3.17. The topological polar surface area (TPSA) is 17.8 Å². The van der Waals surface area contributed by atoms with Crippen molar-refractivity contribution in [3.8, 4) is 0 Å². The Bertz CT molecular complexity index is 574. The van der Waals surface area contributed by atoms with Gasteiger partial charge in [-0.1, -0.05) is 26.3 Å². The summed E-state index contributed by atoms with van der Waals surface area (Å²) in [5.41, 5.74) is 3.60. The van der Waals surface area contributed by atoms with Crippen molar-refractivity contribution >= 4 is 22.6 Å². The number of benzene rings is 1. The molecule has 2 aromatic rings. The second-order valence-corrected chi connectivity index (χ2v) is 6.31. The molecular weight excluding hydrogens is 268 g/mol. The summed E-state index contributed by atoms with van der Waals surface area (Å²) in [7, 11) is 0. The molecule has 0 saturated carbocycles. The highest BCUT2D eigenvalue weighted by Crippen LogP contribution is 2.27. The van der Waals surface area contributed by atoms with Gasteiger partial charge < -0.3 is 4.57 Å². The highest BCUT2D eigenvalue weighted by molar-refractivity contribution is 6.17. The van der Waals surface area contributed by atoms with Gasteiger partial charge in [-0.25, -0.2) is 4.98 Å². The van der Waals surface area contributed by atoms with Crippen molar-refractivity contribution in [3.05, 3.63) is 29.6 Å². The van der Waals surface area contributed by atoms with Crippen LogP contribution in [0.2, 0.25) is 0 Å². The van der Waals surface area contributed by atoms with Crippen molar-refractivity contribution in [2.75, 3.05) is 5.88 Å². The van der Waals surface area contributed by atoms with Gasteiger partial charge >= 0.3 is 0 Å². The van der Waals surface area contributed by atoms with E-state index in [-0.39, 0.29) is 0 Å². The van der Waals surface area contributed by atoms with E-state index >= 15 is 0 Å². The van der Waals surface area contributed by atoms with Gasteiger partial charge in [-0.3, -0.25) is 0 Å². The van der Waals surface area contributed by atoms with Crippen LogP contribution in [0.25, 0.3) is 11.0 Å². The van der Waals surface area contributed by atoms with E-state index in [1.54, 1.807) is 0 Å². The van der Waals surface area contributed by atoms with E-state index in [2.05, 4.69) is 50.5 Å². The number of nitrogens with zero attached hydrogens (tertiary/aromatic N) is 2. The van der Waals surface area contributed by atoms with Gasteiger partial charge in [0.2, 0.25) is 0 Å². The highest BCUT2D eigenvalue weighted by atomic mass is 35.5. The first kappa shape index (κ1) is 15.4. The minimum atomic E-state index is 0.468. The SMILES string of the molecule is CCC(C)CC(C)n1c(CCCl)nc2cc(C)ccc21. The normalized spacial score (nSPS) is 14.7. The van der Waals surface area contributed by atoms with Gasteiger partial charge in [-0.15, -0.1) is 11.6 Å². The van der Waals surface area contributed by atoms with Crippen LogP contribution in [0.3, 0.4) is 0 Å². The van der Waals surface area contributed by atoms with Crippen molar-refractivity contribution in [1.82, 2.24) is 9.55 Å². The second kappa shape index (κ2) is 6.62. The minimum Gasteiger partial charge on any atom is -0.325 e. The molecule has 0 bridgehead atoms. The van der Waals surface area contributed by atoms with Crippen molar-refractivity contribution in [2.45, 2.75) is 53.0 Å². The number of fused-ring (bicyclic) bond motifs is 1. The Balaban J connectivity index is 2.45. The standard InChI is InChI=1S/C17H25ClN2/c1-5-12(2)10-14(4)20-16-7-6-13(3)11-15(16)19-17(20)8-9-18/h6-7,11-12,14H,5,8-10H2,1-4H3. The van der Waals surface area contributed by atoms with Crippen LogP contribution < -0.4 is 0 Å². The van der Waals surface area contributed by atoms with Crippen LogP contribution >= 0.6 is 11.6 Å². The summed E-state index contributed by atoms with van der Waals surface area (Å²) in [5.74, 6) is 2.48. The Morgan fingerprint density at radius 1 is 1.30 bits per heavy atom. The number of aromatic nitrogens is 2. The average Bonchev–Trinajstić information content (AvgIpc) is 2.76. The third-order valence-electron chi connectivity index (χ3n) is 4.12. The lowest BCUT2D eigenvalue weighted by Gasteiger charge is -2.20. The first-order chi connectivity index (χ1) is 9.56. The Labute approximate surface area is 127 Å². The van der Waals surface area contributed by atoms with Gasteiger partial charge in [0, 0.05) is 18.3 Å². The summed E-state index contributed by atoms with van der Waals surface area (Å²) in [6.07, 6.45) is 3.24. The number of rotatable bonds is 6. The molecule has 2 nitrogen and oxygen atoms in total.